The third-order valence-corrected chi connectivity index (χ3v) is 2.81. The van der Waals surface area contributed by atoms with Gasteiger partial charge in [0.2, 0.25) is 0 Å². The molecule has 1 fully saturated rings. The van der Waals surface area contributed by atoms with E-state index in [0.29, 0.717) is 19.8 Å². The Labute approximate surface area is 120 Å². The minimum Gasteiger partial charge on any atom is -0.444 e. The lowest BCUT2D eigenvalue weighted by molar-refractivity contribution is -0.164. The molecule has 0 saturated carbocycles. The standard InChI is InChI=1S/C14H26FNO4/c1-14(2,3)20-13(17)16(8-7-15)9-11-19-12-6-4-5-10-18-12/h12H,4-11H2,1-3H3/i15-1. The molecule has 0 spiro atoms. The molecule has 0 radical (unpaired) electrons. The second-order valence-electron chi connectivity index (χ2n) is 5.82. The van der Waals surface area contributed by atoms with E-state index in [0.717, 1.165) is 19.3 Å². The minimum atomic E-state index is -0.598. The zero-order valence-electron chi connectivity index (χ0n) is 12.7. The van der Waals surface area contributed by atoms with Crippen molar-refractivity contribution in [1.82, 2.24) is 4.90 Å². The average Bonchev–Trinajstić information content (AvgIpc) is 2.37. The highest BCUT2D eigenvalue weighted by Crippen LogP contribution is 2.14. The van der Waals surface area contributed by atoms with Gasteiger partial charge in [-0.1, -0.05) is 0 Å². The van der Waals surface area contributed by atoms with Crippen LogP contribution in [-0.4, -0.2) is 55.9 Å². The first-order valence-corrected chi connectivity index (χ1v) is 7.19. The number of amides is 1. The second-order valence-corrected chi connectivity index (χ2v) is 5.82. The zero-order chi connectivity index (χ0) is 15.0. The van der Waals surface area contributed by atoms with Gasteiger partial charge in [-0.25, -0.2) is 9.18 Å². The van der Waals surface area contributed by atoms with Crippen molar-refractivity contribution in [2.45, 2.75) is 51.9 Å². The molecule has 0 bridgehead atoms. The van der Waals surface area contributed by atoms with Gasteiger partial charge in [-0.2, -0.15) is 0 Å². The van der Waals surface area contributed by atoms with Crippen molar-refractivity contribution in [3.05, 3.63) is 0 Å². The molecule has 1 unspecified atom stereocenters. The quantitative estimate of drug-likeness (QED) is 0.754. The highest BCUT2D eigenvalue weighted by molar-refractivity contribution is 5.68. The molecule has 1 atom stereocenters. The molecule has 1 saturated heterocycles. The number of hydrogen-bond acceptors (Lipinski definition) is 4. The summed E-state index contributed by atoms with van der Waals surface area (Å²) in [4.78, 5) is 13.2. The first-order valence-electron chi connectivity index (χ1n) is 7.19. The van der Waals surface area contributed by atoms with E-state index in [4.69, 9.17) is 14.2 Å². The van der Waals surface area contributed by atoms with Crippen molar-refractivity contribution < 1.29 is 23.4 Å². The molecular formula is C14H26FNO4. The van der Waals surface area contributed by atoms with E-state index in [1.165, 1.54) is 4.90 Å². The van der Waals surface area contributed by atoms with E-state index in [1.54, 1.807) is 20.8 Å². The van der Waals surface area contributed by atoms with Gasteiger partial charge in [0.1, 0.15) is 12.3 Å². The van der Waals surface area contributed by atoms with Gasteiger partial charge in [0.25, 0.3) is 0 Å². The molecule has 0 aromatic carbocycles. The number of carbonyl (C=O) groups excluding carboxylic acids is 1. The summed E-state index contributed by atoms with van der Waals surface area (Å²) >= 11 is 0. The molecule has 1 amide bonds. The summed E-state index contributed by atoms with van der Waals surface area (Å²) in [6.07, 6.45) is 2.31. The fraction of sp³-hybridized carbons (Fsp3) is 0.929. The molecule has 0 N–H and O–H groups in total. The Morgan fingerprint density at radius 2 is 2.10 bits per heavy atom. The third-order valence-electron chi connectivity index (χ3n) is 2.81. The molecule has 0 aromatic rings. The Hall–Kier alpha value is -0.880. The predicted octanol–water partition coefficient (Wildman–Crippen LogP) is 2.74. The number of carbonyl (C=O) groups is 1. The molecule has 1 aliphatic rings. The molecular weight excluding hydrogens is 264 g/mol. The lowest BCUT2D eigenvalue weighted by Gasteiger charge is -2.28. The van der Waals surface area contributed by atoms with E-state index >= 15 is 0 Å². The van der Waals surface area contributed by atoms with Crippen molar-refractivity contribution in [2.75, 3.05) is 33.0 Å². The molecule has 118 valence electrons. The Bertz CT molecular complexity index is 287. The van der Waals surface area contributed by atoms with Crippen molar-refractivity contribution >= 4 is 6.09 Å². The fourth-order valence-electron chi connectivity index (χ4n) is 1.86. The van der Waals surface area contributed by atoms with Gasteiger partial charge in [-0.3, -0.25) is 0 Å². The number of hydrogen-bond donors (Lipinski definition) is 0. The number of rotatable bonds is 6. The van der Waals surface area contributed by atoms with E-state index < -0.39 is 18.4 Å². The van der Waals surface area contributed by atoms with Crippen LogP contribution in [0.1, 0.15) is 40.0 Å². The summed E-state index contributed by atoms with van der Waals surface area (Å²) < 4.78 is 28.7. The van der Waals surface area contributed by atoms with Crippen molar-refractivity contribution in [3.63, 3.8) is 0 Å². The maximum Gasteiger partial charge on any atom is 0.410 e. The van der Waals surface area contributed by atoms with Crippen LogP contribution in [0.5, 0.6) is 0 Å². The molecule has 6 heteroatoms. The van der Waals surface area contributed by atoms with Crippen LogP contribution >= 0.6 is 0 Å². The van der Waals surface area contributed by atoms with Crippen LogP contribution in [0.25, 0.3) is 0 Å². The summed E-state index contributed by atoms with van der Waals surface area (Å²) in [5.74, 6) is 0. The topological polar surface area (TPSA) is 48.0 Å². The minimum absolute atomic E-state index is 0.0177. The Kier molecular flexibility index (Phi) is 7.23. The summed E-state index contributed by atoms with van der Waals surface area (Å²) in [7, 11) is 0. The molecule has 1 heterocycles. The smallest absolute Gasteiger partial charge is 0.410 e. The first kappa shape index (κ1) is 17.2. The van der Waals surface area contributed by atoms with E-state index in [-0.39, 0.29) is 12.8 Å². The maximum absolute atomic E-state index is 12.5. The highest BCUT2D eigenvalue weighted by atomic mass is 18.2. The van der Waals surface area contributed by atoms with Gasteiger partial charge >= 0.3 is 6.09 Å². The van der Waals surface area contributed by atoms with Crippen LogP contribution in [-0.2, 0) is 14.2 Å². The number of ether oxygens (including phenoxy) is 3. The van der Waals surface area contributed by atoms with Gasteiger partial charge in [0, 0.05) is 13.2 Å². The molecule has 1 rings (SSSR count). The maximum atomic E-state index is 12.5. The van der Waals surface area contributed by atoms with Crippen molar-refractivity contribution in [2.24, 2.45) is 0 Å². The van der Waals surface area contributed by atoms with Crippen molar-refractivity contribution in [3.8, 4) is 0 Å². The normalized spacial score (nSPS) is 19.7. The fourth-order valence-corrected chi connectivity index (χ4v) is 1.86. The van der Waals surface area contributed by atoms with Crippen molar-refractivity contribution in [1.29, 1.82) is 0 Å². The lowest BCUT2D eigenvalue weighted by Crippen LogP contribution is -2.40. The highest BCUT2D eigenvalue weighted by Gasteiger charge is 2.22. The van der Waals surface area contributed by atoms with Gasteiger partial charge in [-0.15, -0.1) is 0 Å². The average molecular weight is 290 g/mol. The third kappa shape index (κ3) is 7.05. The summed E-state index contributed by atoms with van der Waals surface area (Å²) in [6.45, 7) is 6.11. The number of nitrogens with zero attached hydrogens (tertiary/aromatic N) is 1. The van der Waals surface area contributed by atoms with Crippen LogP contribution in [0, 0.1) is 0 Å². The Morgan fingerprint density at radius 1 is 1.35 bits per heavy atom. The van der Waals surface area contributed by atoms with E-state index in [9.17, 15) is 9.18 Å². The zero-order valence-corrected chi connectivity index (χ0v) is 12.7. The van der Waals surface area contributed by atoms with Gasteiger partial charge in [0.15, 0.2) is 6.29 Å². The van der Waals surface area contributed by atoms with Crippen LogP contribution < -0.4 is 0 Å². The summed E-state index contributed by atoms with van der Waals surface area (Å²) in [5.41, 5.74) is -0.584. The first-order chi connectivity index (χ1) is 9.42. The molecule has 20 heavy (non-hydrogen) atoms. The van der Waals surface area contributed by atoms with Crippen LogP contribution in [0.2, 0.25) is 0 Å². The number of halogens is 1. The molecule has 5 nitrogen and oxygen atoms in total. The van der Waals surface area contributed by atoms with E-state index in [2.05, 4.69) is 0 Å². The van der Waals surface area contributed by atoms with Gasteiger partial charge < -0.3 is 19.1 Å². The summed E-state index contributed by atoms with van der Waals surface area (Å²) in [5, 5.41) is 0. The molecule has 0 aliphatic carbocycles. The largest absolute Gasteiger partial charge is 0.444 e. The number of alkyl halides is 1. The Morgan fingerprint density at radius 3 is 2.65 bits per heavy atom. The molecule has 1 aliphatic heterocycles. The van der Waals surface area contributed by atoms with E-state index in [1.807, 2.05) is 0 Å². The van der Waals surface area contributed by atoms with Gasteiger partial charge in [0.05, 0.1) is 13.2 Å². The second kappa shape index (κ2) is 8.42. The Balaban J connectivity index is 2.32. The van der Waals surface area contributed by atoms with Crippen LogP contribution in [0.4, 0.5) is 9.18 Å². The molecule has 0 aromatic heterocycles. The summed E-state index contributed by atoms with van der Waals surface area (Å²) in [6, 6.07) is 0. The van der Waals surface area contributed by atoms with Crippen LogP contribution in [0.15, 0.2) is 0 Å². The van der Waals surface area contributed by atoms with Crippen LogP contribution in [0.3, 0.4) is 0 Å². The predicted molar refractivity (Wildman–Crippen MR) is 73.3 cm³/mol. The lowest BCUT2D eigenvalue weighted by atomic mass is 10.2. The monoisotopic (exact) mass is 290 g/mol. The van der Waals surface area contributed by atoms with Gasteiger partial charge in [-0.05, 0) is 40.0 Å². The SMILES string of the molecule is CC(C)(C)OC(=O)N(CC[18F])CCOC1CCCCO1.